The van der Waals surface area contributed by atoms with Gasteiger partial charge in [0.05, 0.1) is 69.2 Å². The van der Waals surface area contributed by atoms with E-state index < -0.39 is 11.9 Å². The standard InChI is InChI=1S/C21H20N10O2.C16H12N6O3.C6H11N3.C5H10N4.ClH/c1-12(10-31-25-5-6-26-31)27-20(32)18-19(22)29-17(21-23-7-8-33-21)16(28-18)14-3-4-15-24-9-13(2)30(15)11-14;1-8-6-19-10-3-2-9(7-22(8)10)11-12(15-18-4-5-25-15)21-14(17)13(20-11)16(23)24;1-6(2)5-9-7-3-4-8-9;1-5(6)4-9-7-2-3-8-9;/h3-9,11-12H,10H2,1-2H3,(H2,22,29)(H,27,32);2-7H,1H3,(H2,17,21)(H,23,24);3-4,6H,5H2,1-2H3;2-3,5H,4,6H2,1H3;1H/t12-;;;5-;/m0..0./s1. The number of nitrogen functional groups attached to an aromatic ring is 2. The monoisotopic (exact) mass is 1070 g/mol. The SMILES string of the molecule is CC(C)Cn1nccn1.C[C@H](N)Cn1nccn1.Cc1cnc2ccc(-c3nc(C(=O)N[C@@H](C)Cn4nccn4)c(N)nc3-c3ncco3)cn12.Cc1cnc2ccc(-c3nc(C(=O)O)c(N)nc3-c3ncco3)cn12.Cl. The summed E-state index contributed by atoms with van der Waals surface area (Å²) in [5, 5.41) is 36.0. The Balaban J connectivity index is 0.000000171. The lowest BCUT2D eigenvalue weighted by Crippen LogP contribution is -2.37. The number of carbonyl (C=O) groups excluding carboxylic acids is 1. The van der Waals surface area contributed by atoms with Crippen molar-refractivity contribution in [2.75, 3.05) is 11.5 Å². The van der Waals surface area contributed by atoms with Crippen LogP contribution in [0, 0.1) is 19.8 Å². The molecule has 11 rings (SSSR count). The number of carboxylic acids is 1. The van der Waals surface area contributed by atoms with Crippen molar-refractivity contribution in [3.05, 3.63) is 134 Å². The number of nitrogens with zero attached hydrogens (tertiary/aromatic N) is 19. The Hall–Kier alpha value is -9.83. The molecule has 0 aliphatic heterocycles. The van der Waals surface area contributed by atoms with Gasteiger partial charge in [-0.2, -0.15) is 45.0 Å². The van der Waals surface area contributed by atoms with Crippen molar-refractivity contribution in [2.24, 2.45) is 11.7 Å². The van der Waals surface area contributed by atoms with E-state index in [1.54, 1.807) is 77.5 Å². The molecule has 77 heavy (non-hydrogen) atoms. The minimum absolute atomic E-state index is 0. The maximum Gasteiger partial charge on any atom is 0.358 e. The van der Waals surface area contributed by atoms with Gasteiger partial charge in [0.2, 0.25) is 11.8 Å². The predicted octanol–water partition coefficient (Wildman–Crippen LogP) is 4.76. The summed E-state index contributed by atoms with van der Waals surface area (Å²) in [5.41, 5.74) is 23.1. The van der Waals surface area contributed by atoms with Crippen LogP contribution in [0.2, 0.25) is 0 Å². The maximum atomic E-state index is 13.0. The van der Waals surface area contributed by atoms with E-state index >= 15 is 0 Å². The van der Waals surface area contributed by atoms with Gasteiger partial charge in [-0.15, -0.1) is 12.4 Å². The summed E-state index contributed by atoms with van der Waals surface area (Å²) in [6.07, 6.45) is 22.8. The zero-order chi connectivity index (χ0) is 53.9. The molecule has 28 nitrogen and oxygen atoms in total. The fourth-order valence-corrected chi connectivity index (χ4v) is 7.27. The second-order valence-electron chi connectivity index (χ2n) is 17.4. The molecule has 0 bridgehead atoms. The van der Waals surface area contributed by atoms with Crippen molar-refractivity contribution in [1.82, 2.24) is 99.0 Å². The predicted molar refractivity (Wildman–Crippen MR) is 281 cm³/mol. The fourth-order valence-electron chi connectivity index (χ4n) is 7.27. The highest BCUT2D eigenvalue weighted by Gasteiger charge is 2.25. The van der Waals surface area contributed by atoms with Gasteiger partial charge in [-0.1, -0.05) is 13.8 Å². The van der Waals surface area contributed by atoms with Gasteiger partial charge in [0, 0.05) is 59.4 Å². The molecule has 0 aliphatic rings. The highest BCUT2D eigenvalue weighted by molar-refractivity contribution is 5.98. The number of carboxylic acid groups (broad SMARTS) is 1. The van der Waals surface area contributed by atoms with Gasteiger partial charge < -0.3 is 45.3 Å². The van der Waals surface area contributed by atoms with Gasteiger partial charge in [0.25, 0.3) is 5.91 Å². The van der Waals surface area contributed by atoms with Crippen LogP contribution in [0.15, 0.2) is 120 Å². The van der Waals surface area contributed by atoms with Crippen molar-refractivity contribution < 1.29 is 23.5 Å². The van der Waals surface area contributed by atoms with Crippen molar-refractivity contribution >= 4 is 47.2 Å². The average Bonchev–Trinajstić information content (AvgIpc) is 4.28. The van der Waals surface area contributed by atoms with E-state index in [9.17, 15) is 14.7 Å². The number of aryl methyl sites for hydroxylation is 2. The molecule has 2 atom stereocenters. The topological polar surface area (TPSA) is 375 Å². The van der Waals surface area contributed by atoms with Gasteiger partial charge in [-0.05, 0) is 57.9 Å². The van der Waals surface area contributed by atoms with Gasteiger partial charge in [-0.25, -0.2) is 44.7 Å². The Kier molecular flexibility index (Phi) is 17.8. The van der Waals surface area contributed by atoms with Crippen LogP contribution in [-0.2, 0) is 19.6 Å². The third kappa shape index (κ3) is 13.7. The van der Waals surface area contributed by atoms with E-state index in [1.165, 1.54) is 29.7 Å². The van der Waals surface area contributed by atoms with Crippen molar-refractivity contribution in [2.45, 2.75) is 73.3 Å². The lowest BCUT2D eigenvalue weighted by molar-refractivity contribution is 0.0691. The molecule has 29 heteroatoms. The first-order valence-corrected chi connectivity index (χ1v) is 23.5. The van der Waals surface area contributed by atoms with E-state index in [-0.39, 0.29) is 65.0 Å². The van der Waals surface area contributed by atoms with Gasteiger partial charge in [-0.3, -0.25) is 4.79 Å². The lowest BCUT2D eigenvalue weighted by Gasteiger charge is -2.15. The Labute approximate surface area is 444 Å². The van der Waals surface area contributed by atoms with E-state index in [0.717, 1.165) is 29.2 Å². The summed E-state index contributed by atoms with van der Waals surface area (Å²) in [4.78, 5) is 63.4. The first kappa shape index (κ1) is 54.9. The number of nitrogens with one attached hydrogen (secondary N) is 1. The fraction of sp³-hybridized carbons (Fsp3) is 0.250. The molecular formula is C48H54ClN23O5. The van der Waals surface area contributed by atoms with Crippen LogP contribution in [-0.4, -0.2) is 123 Å². The van der Waals surface area contributed by atoms with Gasteiger partial charge in [0.15, 0.2) is 34.4 Å². The molecule has 0 spiro atoms. The van der Waals surface area contributed by atoms with E-state index in [4.69, 9.17) is 26.0 Å². The summed E-state index contributed by atoms with van der Waals surface area (Å²) < 4.78 is 14.5. The number of aromatic carboxylic acids is 1. The molecule has 0 aromatic carbocycles. The number of amides is 1. The second kappa shape index (κ2) is 24.9. The van der Waals surface area contributed by atoms with Crippen LogP contribution < -0.4 is 22.5 Å². The zero-order valence-corrected chi connectivity index (χ0v) is 43.3. The summed E-state index contributed by atoms with van der Waals surface area (Å²) in [7, 11) is 0. The van der Waals surface area contributed by atoms with E-state index in [2.05, 4.69) is 89.6 Å². The number of halogens is 1. The van der Waals surface area contributed by atoms with Crippen LogP contribution in [0.4, 0.5) is 11.6 Å². The Morgan fingerprint density at radius 1 is 0.584 bits per heavy atom. The molecule has 0 radical (unpaired) electrons. The van der Waals surface area contributed by atoms with Crippen LogP contribution >= 0.6 is 12.4 Å². The number of hydrogen-bond acceptors (Lipinski definition) is 21. The average molecular weight is 1070 g/mol. The minimum atomic E-state index is -1.26. The summed E-state index contributed by atoms with van der Waals surface area (Å²) in [6, 6.07) is 7.14. The Bertz CT molecular complexity index is 3590. The molecule has 8 N–H and O–H groups in total. The normalized spacial score (nSPS) is 11.6. The minimum Gasteiger partial charge on any atom is -0.476 e. The van der Waals surface area contributed by atoms with Crippen molar-refractivity contribution in [1.29, 1.82) is 0 Å². The molecule has 0 saturated heterocycles. The van der Waals surface area contributed by atoms with Crippen LogP contribution in [0.5, 0.6) is 0 Å². The van der Waals surface area contributed by atoms with E-state index in [1.807, 2.05) is 54.8 Å². The van der Waals surface area contributed by atoms with E-state index in [0.29, 0.717) is 47.2 Å². The number of pyridine rings is 2. The first-order chi connectivity index (χ1) is 36.6. The van der Waals surface area contributed by atoms with Gasteiger partial charge in [0.1, 0.15) is 35.2 Å². The van der Waals surface area contributed by atoms with Crippen LogP contribution in [0.1, 0.15) is 60.1 Å². The first-order valence-electron chi connectivity index (χ1n) is 23.5. The van der Waals surface area contributed by atoms with Crippen LogP contribution in [0.25, 0.3) is 57.0 Å². The third-order valence-electron chi connectivity index (χ3n) is 10.7. The number of oxazole rings is 2. The number of fused-ring (bicyclic) bond motifs is 2. The number of imidazole rings is 2. The summed E-state index contributed by atoms with van der Waals surface area (Å²) in [6.45, 7) is 13.9. The largest absolute Gasteiger partial charge is 0.476 e. The molecule has 1 amide bonds. The molecule has 0 saturated carbocycles. The third-order valence-corrected chi connectivity index (χ3v) is 10.7. The smallest absolute Gasteiger partial charge is 0.358 e. The molecule has 398 valence electrons. The van der Waals surface area contributed by atoms with Crippen LogP contribution in [0.3, 0.4) is 0 Å². The molecule has 11 aromatic rings. The number of rotatable bonds is 13. The molecular weight excluding hydrogens is 1010 g/mol. The number of carbonyl (C=O) groups is 2. The Morgan fingerprint density at radius 2 is 1.01 bits per heavy atom. The quantitative estimate of drug-likeness (QED) is 0.104. The summed E-state index contributed by atoms with van der Waals surface area (Å²) >= 11 is 0. The highest BCUT2D eigenvalue weighted by Crippen LogP contribution is 2.32. The lowest BCUT2D eigenvalue weighted by atomic mass is 10.1. The highest BCUT2D eigenvalue weighted by atomic mass is 35.5. The van der Waals surface area contributed by atoms with Gasteiger partial charge >= 0.3 is 5.97 Å². The molecule has 11 heterocycles. The Morgan fingerprint density at radius 3 is 1.43 bits per heavy atom. The zero-order valence-electron chi connectivity index (χ0n) is 42.5. The molecule has 0 fully saturated rings. The second-order valence-corrected chi connectivity index (χ2v) is 17.4. The molecule has 0 aliphatic carbocycles. The number of hydrogen-bond donors (Lipinski definition) is 5. The maximum absolute atomic E-state index is 13.0. The molecule has 0 unspecified atom stereocenters. The number of anilines is 2. The van der Waals surface area contributed by atoms with Crippen molar-refractivity contribution in [3.8, 4) is 45.7 Å². The number of aromatic nitrogens is 19. The number of nitrogens with two attached hydrogens (primary N) is 3. The summed E-state index contributed by atoms with van der Waals surface area (Å²) in [5.74, 6) is -0.884. The van der Waals surface area contributed by atoms with Crippen molar-refractivity contribution in [3.63, 3.8) is 0 Å². The molecule has 11 aromatic heterocycles.